The summed E-state index contributed by atoms with van der Waals surface area (Å²) in [5.74, 6) is -0.0508. The maximum Gasteiger partial charge on any atom is 0.302 e. The van der Waals surface area contributed by atoms with E-state index >= 15 is 0 Å². The highest BCUT2D eigenvalue weighted by atomic mass is 35.5. The van der Waals surface area contributed by atoms with Gasteiger partial charge in [0, 0.05) is 19.2 Å². The van der Waals surface area contributed by atoms with Gasteiger partial charge in [0.05, 0.1) is 23.2 Å². The van der Waals surface area contributed by atoms with Crippen molar-refractivity contribution in [3.63, 3.8) is 0 Å². The van der Waals surface area contributed by atoms with Crippen LogP contribution in [0.15, 0.2) is 47.5 Å². The van der Waals surface area contributed by atoms with Crippen LogP contribution >= 0.6 is 11.6 Å². The fourth-order valence-electron chi connectivity index (χ4n) is 3.88. The van der Waals surface area contributed by atoms with Gasteiger partial charge < -0.3 is 19.1 Å². The van der Waals surface area contributed by atoms with E-state index in [1.165, 1.54) is 17.9 Å². The Balaban J connectivity index is 1.53. The third-order valence-corrected chi connectivity index (χ3v) is 5.86. The van der Waals surface area contributed by atoms with Gasteiger partial charge in [-0.05, 0) is 36.8 Å². The summed E-state index contributed by atoms with van der Waals surface area (Å²) in [5, 5.41) is 0.189. The van der Waals surface area contributed by atoms with E-state index in [2.05, 4.69) is 4.99 Å². The topological polar surface area (TPSA) is 97.7 Å². The van der Waals surface area contributed by atoms with Crippen LogP contribution in [0.3, 0.4) is 0 Å². The number of esters is 1. The first kappa shape index (κ1) is 24.5. The standard InChI is InChI=1S/C25H26ClN3O6/c1-16-15-35-23(27-16)13-28-12-18-5-3-4-6-22(18)29(14-24(28)31)25(32)20-8-7-19(11-21(20)26)34-10-9-33-17(2)30/h3-8,11,16H,9-10,12-15H2,1-2H3. The summed E-state index contributed by atoms with van der Waals surface area (Å²) in [6, 6.07) is 12.2. The molecule has 0 saturated heterocycles. The van der Waals surface area contributed by atoms with E-state index in [4.69, 9.17) is 25.8 Å². The summed E-state index contributed by atoms with van der Waals surface area (Å²) in [7, 11) is 0. The average molecular weight is 500 g/mol. The van der Waals surface area contributed by atoms with Crippen molar-refractivity contribution in [1.29, 1.82) is 0 Å². The quantitative estimate of drug-likeness (QED) is 0.429. The SMILES string of the molecule is CC(=O)OCCOc1ccc(C(=O)N2CC(=O)N(CC3=NC(C)CO3)Cc3ccccc32)c(Cl)c1. The normalized spacial score (nSPS) is 17.3. The molecule has 10 heteroatoms. The van der Waals surface area contributed by atoms with Crippen LogP contribution in [-0.4, -0.2) is 67.5 Å². The zero-order valence-corrected chi connectivity index (χ0v) is 20.3. The Morgan fingerprint density at radius 2 is 1.97 bits per heavy atom. The first-order valence-corrected chi connectivity index (χ1v) is 11.6. The monoisotopic (exact) mass is 499 g/mol. The number of anilines is 1. The minimum absolute atomic E-state index is 0.0631. The molecule has 0 saturated carbocycles. The zero-order valence-electron chi connectivity index (χ0n) is 19.5. The van der Waals surface area contributed by atoms with Gasteiger partial charge in [-0.1, -0.05) is 29.8 Å². The molecule has 0 N–H and O–H groups in total. The van der Waals surface area contributed by atoms with Crippen molar-refractivity contribution in [1.82, 2.24) is 4.90 Å². The summed E-state index contributed by atoms with van der Waals surface area (Å²) in [4.78, 5) is 45.1. The molecule has 0 aromatic heterocycles. The predicted octanol–water partition coefficient (Wildman–Crippen LogP) is 3.09. The maximum atomic E-state index is 13.5. The molecule has 0 bridgehead atoms. The lowest BCUT2D eigenvalue weighted by atomic mass is 10.1. The Kier molecular flexibility index (Phi) is 7.55. The molecule has 1 unspecified atom stereocenters. The minimum Gasteiger partial charge on any atom is -0.490 e. The Morgan fingerprint density at radius 3 is 2.69 bits per heavy atom. The molecule has 2 amide bonds. The highest BCUT2D eigenvalue weighted by Gasteiger charge is 2.32. The molecule has 4 rings (SSSR count). The van der Waals surface area contributed by atoms with E-state index in [1.54, 1.807) is 17.0 Å². The molecule has 2 aliphatic heterocycles. The van der Waals surface area contributed by atoms with Crippen molar-refractivity contribution in [3.8, 4) is 5.75 Å². The molecule has 1 atom stereocenters. The lowest BCUT2D eigenvalue weighted by Crippen LogP contribution is -2.42. The maximum absolute atomic E-state index is 13.5. The Hall–Kier alpha value is -3.59. The van der Waals surface area contributed by atoms with E-state index in [1.807, 2.05) is 31.2 Å². The van der Waals surface area contributed by atoms with Crippen LogP contribution in [0.5, 0.6) is 5.75 Å². The van der Waals surface area contributed by atoms with Crippen molar-refractivity contribution >= 4 is 41.0 Å². The Morgan fingerprint density at radius 1 is 1.17 bits per heavy atom. The summed E-state index contributed by atoms with van der Waals surface area (Å²) in [5.41, 5.74) is 1.72. The van der Waals surface area contributed by atoms with Crippen LogP contribution in [-0.2, 0) is 25.6 Å². The number of nitrogens with zero attached hydrogens (tertiary/aromatic N) is 3. The van der Waals surface area contributed by atoms with Crippen LogP contribution in [0.1, 0.15) is 29.8 Å². The molecular formula is C25H26ClN3O6. The lowest BCUT2D eigenvalue weighted by Gasteiger charge is -2.23. The van der Waals surface area contributed by atoms with E-state index in [-0.39, 0.29) is 48.8 Å². The third-order valence-electron chi connectivity index (χ3n) is 5.54. The van der Waals surface area contributed by atoms with Crippen LogP contribution < -0.4 is 9.64 Å². The van der Waals surface area contributed by atoms with Gasteiger partial charge in [-0.25, -0.2) is 4.99 Å². The molecule has 35 heavy (non-hydrogen) atoms. The first-order valence-electron chi connectivity index (χ1n) is 11.2. The molecule has 184 valence electrons. The van der Waals surface area contributed by atoms with Gasteiger partial charge >= 0.3 is 5.97 Å². The van der Waals surface area contributed by atoms with Crippen LogP contribution in [0.2, 0.25) is 5.02 Å². The minimum atomic E-state index is -0.396. The van der Waals surface area contributed by atoms with Crippen LogP contribution in [0, 0.1) is 0 Å². The first-order chi connectivity index (χ1) is 16.8. The predicted molar refractivity (Wildman–Crippen MR) is 130 cm³/mol. The van der Waals surface area contributed by atoms with E-state index in [9.17, 15) is 14.4 Å². The number of carbonyl (C=O) groups excluding carboxylic acids is 3. The zero-order chi connectivity index (χ0) is 24.9. The highest BCUT2D eigenvalue weighted by molar-refractivity contribution is 6.34. The lowest BCUT2D eigenvalue weighted by molar-refractivity contribution is -0.141. The number of hydrogen-bond acceptors (Lipinski definition) is 7. The number of hydrogen-bond donors (Lipinski definition) is 0. The summed E-state index contributed by atoms with van der Waals surface area (Å²) in [6.45, 7) is 4.47. The van der Waals surface area contributed by atoms with Gasteiger partial charge in [-0.2, -0.15) is 0 Å². The van der Waals surface area contributed by atoms with Gasteiger partial charge in [-0.3, -0.25) is 19.3 Å². The van der Waals surface area contributed by atoms with Crippen molar-refractivity contribution in [3.05, 3.63) is 58.6 Å². The summed E-state index contributed by atoms with van der Waals surface area (Å²) < 4.78 is 15.9. The van der Waals surface area contributed by atoms with E-state index < -0.39 is 11.9 Å². The molecule has 9 nitrogen and oxygen atoms in total. The third kappa shape index (κ3) is 5.92. The van der Waals surface area contributed by atoms with Gasteiger partial charge in [0.15, 0.2) is 0 Å². The molecule has 2 aromatic carbocycles. The summed E-state index contributed by atoms with van der Waals surface area (Å²) in [6.07, 6.45) is 0. The number of halogens is 1. The molecule has 0 spiro atoms. The summed E-state index contributed by atoms with van der Waals surface area (Å²) >= 11 is 6.43. The second-order valence-electron chi connectivity index (χ2n) is 8.28. The fourth-order valence-corrected chi connectivity index (χ4v) is 4.13. The van der Waals surface area contributed by atoms with Crippen molar-refractivity contribution < 1.29 is 28.6 Å². The number of benzene rings is 2. The number of para-hydroxylation sites is 1. The second-order valence-corrected chi connectivity index (χ2v) is 8.69. The molecular weight excluding hydrogens is 474 g/mol. The number of amides is 2. The highest BCUT2D eigenvalue weighted by Crippen LogP contribution is 2.30. The van der Waals surface area contributed by atoms with Crippen LogP contribution in [0.25, 0.3) is 0 Å². The second kappa shape index (κ2) is 10.8. The number of rotatable bonds is 7. The Labute approximate surface area is 208 Å². The van der Waals surface area contributed by atoms with Gasteiger partial charge in [-0.15, -0.1) is 0 Å². The molecule has 0 aliphatic carbocycles. The number of carbonyl (C=O) groups is 3. The van der Waals surface area contributed by atoms with Crippen molar-refractivity contribution in [2.45, 2.75) is 26.4 Å². The van der Waals surface area contributed by atoms with Crippen molar-refractivity contribution in [2.24, 2.45) is 4.99 Å². The smallest absolute Gasteiger partial charge is 0.302 e. The molecule has 0 fully saturated rings. The molecule has 0 radical (unpaired) electrons. The Bertz CT molecular complexity index is 1170. The van der Waals surface area contributed by atoms with Gasteiger partial charge in [0.25, 0.3) is 5.91 Å². The largest absolute Gasteiger partial charge is 0.490 e. The van der Waals surface area contributed by atoms with Crippen LogP contribution in [0.4, 0.5) is 5.69 Å². The molecule has 2 aliphatic rings. The fraction of sp³-hybridized carbons (Fsp3) is 0.360. The van der Waals surface area contributed by atoms with Crippen molar-refractivity contribution in [2.75, 3.05) is 37.8 Å². The van der Waals surface area contributed by atoms with E-state index in [0.717, 1.165) is 5.56 Å². The van der Waals surface area contributed by atoms with Gasteiger partial charge in [0.1, 0.15) is 32.1 Å². The number of ether oxygens (including phenoxy) is 3. The van der Waals surface area contributed by atoms with E-state index in [0.29, 0.717) is 30.5 Å². The molecule has 2 heterocycles. The molecule has 2 aromatic rings. The number of fused-ring (bicyclic) bond motifs is 1. The number of aliphatic imine (C=N–C) groups is 1. The van der Waals surface area contributed by atoms with Gasteiger partial charge in [0.2, 0.25) is 11.8 Å². The average Bonchev–Trinajstić information content (AvgIpc) is 3.18.